The number of nitrogen functional groups attached to an aromatic ring is 1. The fraction of sp³-hybridized carbons (Fsp3) is 0. The average molecular weight is 388 g/mol. The number of anilines is 2. The lowest BCUT2D eigenvalue weighted by molar-refractivity contribution is -0.110. The third kappa shape index (κ3) is 3.02. The van der Waals surface area contributed by atoms with Crippen LogP contribution in [0.1, 0.15) is 11.1 Å². The van der Waals surface area contributed by atoms with Crippen LogP contribution in [-0.2, 0) is 4.79 Å². The van der Waals surface area contributed by atoms with E-state index in [1.54, 1.807) is 18.2 Å². The first kappa shape index (κ1) is 16.1. The van der Waals surface area contributed by atoms with Crippen LogP contribution >= 0.6 is 34.5 Å². The van der Waals surface area contributed by atoms with Gasteiger partial charge in [-0.15, -0.1) is 11.3 Å². The van der Waals surface area contributed by atoms with Gasteiger partial charge in [-0.3, -0.25) is 4.79 Å². The van der Waals surface area contributed by atoms with Crippen molar-refractivity contribution in [2.45, 2.75) is 0 Å². The highest BCUT2D eigenvalue weighted by molar-refractivity contribution is 7.13. The molecular formula is C18H11Cl2N3OS. The van der Waals surface area contributed by atoms with Gasteiger partial charge < -0.3 is 11.1 Å². The van der Waals surface area contributed by atoms with Crippen molar-refractivity contribution in [2.24, 2.45) is 0 Å². The van der Waals surface area contributed by atoms with Crippen LogP contribution in [0.4, 0.5) is 10.8 Å². The molecule has 0 radical (unpaired) electrons. The number of hydrogen-bond donors (Lipinski definition) is 2. The second kappa shape index (κ2) is 6.19. The van der Waals surface area contributed by atoms with E-state index in [0.29, 0.717) is 32.1 Å². The summed E-state index contributed by atoms with van der Waals surface area (Å²) in [6, 6.07) is 10.9. The first-order valence-corrected chi connectivity index (χ1v) is 8.99. The Morgan fingerprint density at radius 3 is 2.56 bits per heavy atom. The summed E-state index contributed by atoms with van der Waals surface area (Å²) in [4.78, 5) is 16.7. The van der Waals surface area contributed by atoms with Gasteiger partial charge in [0, 0.05) is 27.1 Å². The van der Waals surface area contributed by atoms with Gasteiger partial charge in [0.25, 0.3) is 5.91 Å². The highest BCUT2D eigenvalue weighted by atomic mass is 35.5. The van der Waals surface area contributed by atoms with Crippen molar-refractivity contribution < 1.29 is 4.79 Å². The lowest BCUT2D eigenvalue weighted by atomic mass is 10.0. The standard InChI is InChI=1S/C18H11Cl2N3OS/c19-10-3-1-9(2-4-10)5-12-11-6-13(16-8-25-18(21)23-16)14(20)7-15(11)22-17(12)24/h1-8H,(H2,21,23)(H,22,24)/b12-5+. The van der Waals surface area contributed by atoms with Gasteiger partial charge >= 0.3 is 0 Å². The van der Waals surface area contributed by atoms with Gasteiger partial charge in [-0.2, -0.15) is 0 Å². The largest absolute Gasteiger partial charge is 0.375 e. The number of hydrogen-bond acceptors (Lipinski definition) is 4. The van der Waals surface area contributed by atoms with Gasteiger partial charge in [0.1, 0.15) is 0 Å². The molecule has 0 aliphatic carbocycles. The maximum absolute atomic E-state index is 12.4. The molecule has 0 atom stereocenters. The van der Waals surface area contributed by atoms with E-state index < -0.39 is 0 Å². The van der Waals surface area contributed by atoms with Crippen molar-refractivity contribution >= 4 is 62.9 Å². The quantitative estimate of drug-likeness (QED) is 0.594. The molecule has 1 aliphatic rings. The molecule has 0 saturated heterocycles. The van der Waals surface area contributed by atoms with Crippen molar-refractivity contribution in [3.63, 3.8) is 0 Å². The van der Waals surface area contributed by atoms with E-state index in [1.165, 1.54) is 11.3 Å². The molecule has 1 amide bonds. The van der Waals surface area contributed by atoms with E-state index >= 15 is 0 Å². The molecular weight excluding hydrogens is 377 g/mol. The Bertz CT molecular complexity index is 1030. The molecule has 3 N–H and O–H groups in total. The molecule has 0 unspecified atom stereocenters. The minimum Gasteiger partial charge on any atom is -0.375 e. The molecule has 0 fully saturated rings. The number of aromatic nitrogens is 1. The third-order valence-electron chi connectivity index (χ3n) is 3.87. The zero-order valence-corrected chi connectivity index (χ0v) is 15.0. The van der Waals surface area contributed by atoms with Gasteiger partial charge in [0.05, 0.1) is 16.4 Å². The average Bonchev–Trinajstić information content (AvgIpc) is 3.12. The van der Waals surface area contributed by atoms with Gasteiger partial charge in [-0.1, -0.05) is 35.3 Å². The van der Waals surface area contributed by atoms with E-state index in [2.05, 4.69) is 10.3 Å². The molecule has 0 saturated carbocycles. The molecule has 2 aromatic carbocycles. The summed E-state index contributed by atoms with van der Waals surface area (Å²) in [6.07, 6.45) is 1.82. The highest BCUT2D eigenvalue weighted by Crippen LogP contribution is 2.40. The lowest BCUT2D eigenvalue weighted by Crippen LogP contribution is -2.03. The molecule has 2 heterocycles. The molecule has 25 heavy (non-hydrogen) atoms. The molecule has 3 aromatic rings. The fourth-order valence-corrected chi connectivity index (χ4v) is 3.64. The van der Waals surface area contributed by atoms with Crippen LogP contribution in [0.2, 0.25) is 10.0 Å². The molecule has 1 aromatic heterocycles. The van der Waals surface area contributed by atoms with E-state index in [9.17, 15) is 4.79 Å². The van der Waals surface area contributed by atoms with Gasteiger partial charge in [-0.05, 0) is 35.9 Å². The number of benzene rings is 2. The fourth-order valence-electron chi connectivity index (χ4n) is 2.69. The van der Waals surface area contributed by atoms with Crippen LogP contribution in [-0.4, -0.2) is 10.9 Å². The molecule has 124 valence electrons. The number of amides is 1. The molecule has 7 heteroatoms. The highest BCUT2D eigenvalue weighted by Gasteiger charge is 2.26. The predicted octanol–water partition coefficient (Wildman–Crippen LogP) is 5.19. The summed E-state index contributed by atoms with van der Waals surface area (Å²) in [7, 11) is 0. The number of nitrogens with two attached hydrogens (primary N) is 1. The minimum absolute atomic E-state index is 0.170. The summed E-state index contributed by atoms with van der Waals surface area (Å²) in [5.74, 6) is -0.170. The monoisotopic (exact) mass is 387 g/mol. The number of fused-ring (bicyclic) bond motifs is 1. The first-order chi connectivity index (χ1) is 12.0. The summed E-state index contributed by atoms with van der Waals surface area (Å²) >= 11 is 13.6. The normalized spacial score (nSPS) is 14.6. The van der Waals surface area contributed by atoms with Crippen molar-refractivity contribution in [3.05, 3.63) is 63.0 Å². The van der Waals surface area contributed by atoms with Crippen LogP contribution in [0.5, 0.6) is 0 Å². The smallest absolute Gasteiger partial charge is 0.256 e. The van der Waals surface area contributed by atoms with E-state index in [4.69, 9.17) is 28.9 Å². The zero-order chi connectivity index (χ0) is 17.6. The molecule has 0 bridgehead atoms. The second-order valence-corrected chi connectivity index (χ2v) is 7.25. The van der Waals surface area contributed by atoms with E-state index in [0.717, 1.165) is 16.7 Å². The second-order valence-electron chi connectivity index (χ2n) is 5.51. The van der Waals surface area contributed by atoms with Crippen LogP contribution < -0.4 is 11.1 Å². The molecule has 4 nitrogen and oxygen atoms in total. The molecule has 1 aliphatic heterocycles. The SMILES string of the molecule is Nc1nc(-c2cc3c(cc2Cl)NC(=O)/C3=C/c2ccc(Cl)cc2)cs1. The summed E-state index contributed by atoms with van der Waals surface area (Å²) in [5, 5.41) is 6.31. The Hall–Kier alpha value is -2.34. The zero-order valence-electron chi connectivity index (χ0n) is 12.7. The number of rotatable bonds is 2. The lowest BCUT2D eigenvalue weighted by Gasteiger charge is -2.06. The Balaban J connectivity index is 1.83. The third-order valence-corrected chi connectivity index (χ3v) is 5.11. The Morgan fingerprint density at radius 2 is 1.88 bits per heavy atom. The number of thiazole rings is 1. The van der Waals surface area contributed by atoms with Crippen molar-refractivity contribution in [3.8, 4) is 11.3 Å². The number of nitrogens with zero attached hydrogens (tertiary/aromatic N) is 1. The number of carbonyl (C=O) groups is 1. The van der Waals surface area contributed by atoms with Gasteiger partial charge in [0.2, 0.25) is 0 Å². The maximum Gasteiger partial charge on any atom is 0.256 e. The summed E-state index contributed by atoms with van der Waals surface area (Å²) in [5.41, 5.74) is 10.1. The molecule has 0 spiro atoms. The predicted molar refractivity (Wildman–Crippen MR) is 105 cm³/mol. The van der Waals surface area contributed by atoms with Crippen molar-refractivity contribution in [1.82, 2.24) is 4.98 Å². The van der Waals surface area contributed by atoms with Gasteiger partial charge in [-0.25, -0.2) is 4.98 Å². The topological polar surface area (TPSA) is 68.0 Å². The molecule has 4 rings (SSSR count). The van der Waals surface area contributed by atoms with E-state index in [-0.39, 0.29) is 5.91 Å². The van der Waals surface area contributed by atoms with Crippen molar-refractivity contribution in [2.75, 3.05) is 11.1 Å². The van der Waals surface area contributed by atoms with Crippen LogP contribution in [0, 0.1) is 0 Å². The number of nitrogens with one attached hydrogen (secondary N) is 1. The van der Waals surface area contributed by atoms with Crippen LogP contribution in [0.3, 0.4) is 0 Å². The van der Waals surface area contributed by atoms with E-state index in [1.807, 2.05) is 29.7 Å². The first-order valence-electron chi connectivity index (χ1n) is 7.35. The minimum atomic E-state index is -0.170. The van der Waals surface area contributed by atoms with Gasteiger partial charge in [0.15, 0.2) is 5.13 Å². The van der Waals surface area contributed by atoms with Crippen molar-refractivity contribution in [1.29, 1.82) is 0 Å². The van der Waals surface area contributed by atoms with Crippen LogP contribution in [0.15, 0.2) is 41.8 Å². The Morgan fingerprint density at radius 1 is 1.12 bits per heavy atom. The summed E-state index contributed by atoms with van der Waals surface area (Å²) in [6.45, 7) is 0. The van der Waals surface area contributed by atoms with Crippen LogP contribution in [0.25, 0.3) is 22.9 Å². The number of halogens is 2. The maximum atomic E-state index is 12.4. The Kier molecular flexibility index (Phi) is 4.00. The Labute approximate surface area is 157 Å². The number of carbonyl (C=O) groups excluding carboxylic acids is 1. The summed E-state index contributed by atoms with van der Waals surface area (Å²) < 4.78 is 0.